The fraction of sp³-hybridized carbons (Fsp3) is 0.588. The van der Waals surface area contributed by atoms with Crippen molar-refractivity contribution in [1.29, 1.82) is 0 Å². The molecule has 1 fully saturated rings. The molecule has 0 atom stereocenters. The van der Waals surface area contributed by atoms with E-state index in [0.29, 0.717) is 0 Å². The van der Waals surface area contributed by atoms with Crippen molar-refractivity contribution >= 4 is 11.0 Å². The molecule has 0 bridgehead atoms. The highest BCUT2D eigenvalue weighted by molar-refractivity contribution is 5.76. The van der Waals surface area contributed by atoms with Crippen molar-refractivity contribution in [3.8, 4) is 0 Å². The molecule has 0 radical (unpaired) electrons. The van der Waals surface area contributed by atoms with E-state index in [9.17, 15) is 4.39 Å². The fourth-order valence-electron chi connectivity index (χ4n) is 3.56. The van der Waals surface area contributed by atoms with Gasteiger partial charge in [-0.3, -0.25) is 0 Å². The zero-order chi connectivity index (χ0) is 15.0. The number of hydrogen-bond acceptors (Lipinski definition) is 2. The Morgan fingerprint density at radius 1 is 1.29 bits per heavy atom. The summed E-state index contributed by atoms with van der Waals surface area (Å²) in [6.45, 7) is 4.22. The van der Waals surface area contributed by atoms with E-state index in [-0.39, 0.29) is 17.4 Å². The van der Waals surface area contributed by atoms with Crippen molar-refractivity contribution in [3.63, 3.8) is 0 Å². The second kappa shape index (κ2) is 5.41. The van der Waals surface area contributed by atoms with Crippen molar-refractivity contribution in [2.45, 2.75) is 64.0 Å². The molecule has 1 saturated carbocycles. The smallest absolute Gasteiger partial charge is 0.125 e. The molecule has 1 aromatic heterocycles. The summed E-state index contributed by atoms with van der Waals surface area (Å²) in [7, 11) is 0. The molecule has 1 heterocycles. The van der Waals surface area contributed by atoms with Crippen LogP contribution in [0.2, 0.25) is 0 Å². The zero-order valence-electron chi connectivity index (χ0n) is 12.9. The molecule has 2 N–H and O–H groups in total. The van der Waals surface area contributed by atoms with Crippen LogP contribution in [0.5, 0.6) is 0 Å². The molecule has 4 heteroatoms. The van der Waals surface area contributed by atoms with Gasteiger partial charge in [0.25, 0.3) is 0 Å². The molecule has 21 heavy (non-hydrogen) atoms. The van der Waals surface area contributed by atoms with Gasteiger partial charge < -0.3 is 10.3 Å². The highest BCUT2D eigenvalue weighted by Crippen LogP contribution is 2.31. The average molecular weight is 289 g/mol. The fourth-order valence-corrected chi connectivity index (χ4v) is 3.56. The number of nitrogens with two attached hydrogens (primary N) is 1. The van der Waals surface area contributed by atoms with E-state index in [1.54, 1.807) is 12.1 Å². The molecule has 3 nitrogen and oxygen atoms in total. The van der Waals surface area contributed by atoms with E-state index in [0.717, 1.165) is 36.1 Å². The van der Waals surface area contributed by atoms with E-state index in [4.69, 9.17) is 10.7 Å². The van der Waals surface area contributed by atoms with Crippen LogP contribution in [0, 0.1) is 5.82 Å². The van der Waals surface area contributed by atoms with Crippen LogP contribution in [0.4, 0.5) is 4.39 Å². The quantitative estimate of drug-likeness (QED) is 0.929. The Morgan fingerprint density at radius 3 is 2.67 bits per heavy atom. The van der Waals surface area contributed by atoms with Gasteiger partial charge in [-0.1, -0.05) is 19.3 Å². The largest absolute Gasteiger partial charge is 0.325 e. The minimum absolute atomic E-state index is 0.148. The van der Waals surface area contributed by atoms with Crippen molar-refractivity contribution < 1.29 is 4.39 Å². The normalized spacial score (nSPS) is 18.5. The van der Waals surface area contributed by atoms with Gasteiger partial charge in [0.2, 0.25) is 0 Å². The summed E-state index contributed by atoms with van der Waals surface area (Å²) >= 11 is 0. The monoisotopic (exact) mass is 289 g/mol. The topological polar surface area (TPSA) is 43.8 Å². The molecular formula is C17H24FN3. The molecule has 0 spiro atoms. The van der Waals surface area contributed by atoms with Gasteiger partial charge in [-0.25, -0.2) is 9.37 Å². The van der Waals surface area contributed by atoms with Gasteiger partial charge in [0.05, 0.1) is 11.0 Å². The minimum atomic E-state index is -0.212. The Labute approximate surface area is 125 Å². The number of imidazole rings is 1. The molecule has 1 aromatic carbocycles. The molecule has 0 amide bonds. The van der Waals surface area contributed by atoms with Crippen molar-refractivity contribution in [3.05, 3.63) is 29.8 Å². The zero-order valence-corrected chi connectivity index (χ0v) is 12.9. The lowest BCUT2D eigenvalue weighted by Crippen LogP contribution is -2.44. The highest BCUT2D eigenvalue weighted by Gasteiger charge is 2.30. The Morgan fingerprint density at radius 2 is 2.00 bits per heavy atom. The number of hydrogen-bond donors (Lipinski definition) is 1. The molecule has 1 aliphatic carbocycles. The Kier molecular flexibility index (Phi) is 3.74. The van der Waals surface area contributed by atoms with Gasteiger partial charge in [-0.15, -0.1) is 0 Å². The van der Waals surface area contributed by atoms with Crippen LogP contribution in [-0.2, 0) is 6.42 Å². The number of rotatable bonds is 3. The van der Waals surface area contributed by atoms with Crippen LogP contribution in [0.3, 0.4) is 0 Å². The molecule has 1 aliphatic rings. The maximum atomic E-state index is 13.6. The first-order chi connectivity index (χ1) is 9.98. The summed E-state index contributed by atoms with van der Waals surface area (Å²) in [4.78, 5) is 4.73. The summed E-state index contributed by atoms with van der Waals surface area (Å²) in [6, 6.07) is 5.06. The molecule has 114 valence electrons. The van der Waals surface area contributed by atoms with Crippen LogP contribution in [0.15, 0.2) is 18.2 Å². The first-order valence-corrected chi connectivity index (χ1v) is 7.94. The molecule has 0 saturated heterocycles. The predicted octanol–water partition coefficient (Wildman–Crippen LogP) is 3.96. The van der Waals surface area contributed by atoms with Crippen LogP contribution < -0.4 is 5.73 Å². The second-order valence-corrected chi connectivity index (χ2v) is 6.72. The van der Waals surface area contributed by atoms with Crippen LogP contribution in [0.25, 0.3) is 11.0 Å². The lowest BCUT2D eigenvalue weighted by molar-refractivity contribution is 0.286. The summed E-state index contributed by atoms with van der Waals surface area (Å²) < 4.78 is 15.7. The summed E-state index contributed by atoms with van der Waals surface area (Å²) in [5.74, 6) is 0.783. The highest BCUT2D eigenvalue weighted by atomic mass is 19.1. The average Bonchev–Trinajstić information content (AvgIpc) is 2.75. The molecule has 0 unspecified atom stereocenters. The number of aromatic nitrogens is 2. The summed E-state index contributed by atoms with van der Waals surface area (Å²) in [5, 5.41) is 0. The van der Waals surface area contributed by atoms with Crippen molar-refractivity contribution in [2.75, 3.05) is 0 Å². The van der Waals surface area contributed by atoms with E-state index < -0.39 is 0 Å². The number of halogens is 1. The van der Waals surface area contributed by atoms with Gasteiger partial charge in [-0.05, 0) is 44.9 Å². The van der Waals surface area contributed by atoms with Gasteiger partial charge >= 0.3 is 0 Å². The van der Waals surface area contributed by atoms with E-state index in [2.05, 4.69) is 18.4 Å². The predicted molar refractivity (Wildman–Crippen MR) is 83.8 cm³/mol. The Balaban J connectivity index is 2.03. The lowest BCUT2D eigenvalue weighted by atomic mass is 9.80. The molecular weight excluding hydrogens is 265 g/mol. The number of benzene rings is 1. The standard InChI is InChI=1S/C17H24FN3/c1-12(2)21-15-10-13(18)6-7-14(15)20-16(21)11-17(19)8-4-3-5-9-17/h6-7,10,12H,3-5,8-9,11,19H2,1-2H3. The molecule has 0 aliphatic heterocycles. The van der Waals surface area contributed by atoms with Gasteiger partial charge in [0.15, 0.2) is 0 Å². The first-order valence-electron chi connectivity index (χ1n) is 7.94. The first kappa shape index (κ1) is 14.5. The Hall–Kier alpha value is -1.42. The van der Waals surface area contributed by atoms with E-state index >= 15 is 0 Å². The van der Waals surface area contributed by atoms with Gasteiger partial charge in [-0.2, -0.15) is 0 Å². The third-order valence-electron chi connectivity index (χ3n) is 4.60. The van der Waals surface area contributed by atoms with Gasteiger partial charge in [0, 0.05) is 18.0 Å². The Bertz CT molecular complexity index is 639. The van der Waals surface area contributed by atoms with Gasteiger partial charge in [0.1, 0.15) is 11.6 Å². The van der Waals surface area contributed by atoms with E-state index in [1.807, 2.05) is 0 Å². The second-order valence-electron chi connectivity index (χ2n) is 6.72. The maximum Gasteiger partial charge on any atom is 0.125 e. The van der Waals surface area contributed by atoms with Crippen LogP contribution in [-0.4, -0.2) is 15.1 Å². The number of fused-ring (bicyclic) bond motifs is 1. The lowest BCUT2D eigenvalue weighted by Gasteiger charge is -2.33. The van der Waals surface area contributed by atoms with Crippen molar-refractivity contribution in [1.82, 2.24) is 9.55 Å². The third-order valence-corrected chi connectivity index (χ3v) is 4.60. The van der Waals surface area contributed by atoms with Crippen molar-refractivity contribution in [2.24, 2.45) is 5.73 Å². The minimum Gasteiger partial charge on any atom is -0.325 e. The van der Waals surface area contributed by atoms with Crippen LogP contribution >= 0.6 is 0 Å². The number of nitrogens with zero attached hydrogens (tertiary/aromatic N) is 2. The third kappa shape index (κ3) is 2.82. The van der Waals surface area contributed by atoms with E-state index in [1.165, 1.54) is 25.3 Å². The summed E-state index contributed by atoms with van der Waals surface area (Å²) in [6.07, 6.45) is 6.58. The molecule has 3 rings (SSSR count). The molecule has 2 aromatic rings. The van der Waals surface area contributed by atoms with Crippen LogP contribution in [0.1, 0.15) is 57.8 Å². The maximum absolute atomic E-state index is 13.6. The SMILES string of the molecule is CC(C)n1c(CC2(N)CCCCC2)nc2ccc(F)cc21. The summed E-state index contributed by atoms with van der Waals surface area (Å²) in [5.41, 5.74) is 8.17.